The van der Waals surface area contributed by atoms with E-state index in [9.17, 15) is 5.26 Å². The zero-order valence-electron chi connectivity index (χ0n) is 41.6. The van der Waals surface area contributed by atoms with Gasteiger partial charge in [0.25, 0.3) is 0 Å². The number of rotatable bonds is 7. The third-order valence-electron chi connectivity index (χ3n) is 15.4. The van der Waals surface area contributed by atoms with Crippen LogP contribution in [0, 0.1) is 11.3 Å². The largest absolute Gasteiger partial charge is 0.292 e. The molecule has 0 aliphatic carbocycles. The van der Waals surface area contributed by atoms with Crippen molar-refractivity contribution in [2.45, 2.75) is 0 Å². The maximum Gasteiger partial charge on any atom is 0.145 e. The van der Waals surface area contributed by atoms with Crippen molar-refractivity contribution in [3.8, 4) is 62.5 Å². The molecule has 10 nitrogen and oxygen atoms in total. The lowest BCUT2D eigenvalue weighted by Crippen LogP contribution is -2.17. The van der Waals surface area contributed by atoms with Gasteiger partial charge in [-0.15, -0.1) is 0 Å². The molecule has 0 radical (unpaired) electrons. The molecule has 16 aromatic rings. The summed E-state index contributed by atoms with van der Waals surface area (Å²) in [7, 11) is 0. The summed E-state index contributed by atoms with van der Waals surface area (Å²) in [6, 6.07) is 78.2. The highest BCUT2D eigenvalue weighted by molar-refractivity contribution is 6.16. The van der Waals surface area contributed by atoms with Gasteiger partial charge in [0.2, 0.25) is 0 Å². The van der Waals surface area contributed by atoms with Crippen LogP contribution in [0.1, 0.15) is 5.56 Å². The van der Waals surface area contributed by atoms with Crippen molar-refractivity contribution >= 4 is 87.7 Å². The van der Waals surface area contributed by atoms with Gasteiger partial charge in [-0.2, -0.15) is 5.26 Å². The minimum atomic E-state index is 0.382. The Kier molecular flexibility index (Phi) is 9.46. The number of fused-ring (bicyclic) bond motifs is 12. The Labute approximate surface area is 445 Å². The van der Waals surface area contributed by atoms with E-state index in [0.717, 1.165) is 110 Å². The topological polar surface area (TPSA) is 108 Å². The molecule has 0 unspecified atom stereocenters. The van der Waals surface area contributed by atoms with E-state index in [-0.39, 0.29) is 0 Å². The second-order valence-electron chi connectivity index (χ2n) is 19.5. The van der Waals surface area contributed by atoms with E-state index in [4.69, 9.17) is 24.9 Å². The van der Waals surface area contributed by atoms with Crippen LogP contribution in [0.4, 0.5) is 0 Å². The number of pyridine rings is 5. The maximum atomic E-state index is 12.9. The fourth-order valence-corrected chi connectivity index (χ4v) is 12.3. The number of benzene rings is 7. The lowest BCUT2D eigenvalue weighted by atomic mass is 9.90. The summed E-state index contributed by atoms with van der Waals surface area (Å²) < 4.78 is 9.00. The Morgan fingerprint density at radius 1 is 0.308 bits per heavy atom. The van der Waals surface area contributed by atoms with Crippen molar-refractivity contribution in [3.63, 3.8) is 0 Å². The molecule has 9 heterocycles. The van der Waals surface area contributed by atoms with Gasteiger partial charge in [-0.3, -0.25) is 18.3 Å². The summed E-state index contributed by atoms with van der Waals surface area (Å²) in [6.45, 7) is 0. The maximum absolute atomic E-state index is 12.9. The molecule has 0 fully saturated rings. The molecule has 0 amide bonds. The predicted octanol–water partition coefficient (Wildman–Crippen LogP) is 15.9. The van der Waals surface area contributed by atoms with Gasteiger partial charge in [-0.25, -0.2) is 24.9 Å². The quantitative estimate of drug-likeness (QED) is 0.157. The van der Waals surface area contributed by atoms with Gasteiger partial charge in [0.15, 0.2) is 0 Å². The highest BCUT2D eigenvalue weighted by Crippen LogP contribution is 2.52. The second-order valence-corrected chi connectivity index (χ2v) is 19.5. The number of nitriles is 1. The van der Waals surface area contributed by atoms with Crippen molar-refractivity contribution in [2.75, 3.05) is 0 Å². The smallest absolute Gasteiger partial charge is 0.145 e. The molecule has 16 rings (SSSR count). The van der Waals surface area contributed by atoms with Crippen molar-refractivity contribution < 1.29 is 0 Å². The lowest BCUT2D eigenvalue weighted by molar-refractivity contribution is 1.01. The average Bonchev–Trinajstić information content (AvgIpc) is 4.27. The molecule has 7 aromatic carbocycles. The first-order chi connectivity index (χ1) is 38.7. The van der Waals surface area contributed by atoms with Crippen LogP contribution in [0.2, 0.25) is 0 Å². The molecule has 78 heavy (non-hydrogen) atoms. The Bertz CT molecular complexity index is 4960. The number of nitrogens with zero attached hydrogens (tertiary/aromatic N) is 10. The van der Waals surface area contributed by atoms with E-state index in [2.05, 4.69) is 194 Å². The highest BCUT2D eigenvalue weighted by Gasteiger charge is 2.36. The third kappa shape index (κ3) is 6.15. The van der Waals surface area contributed by atoms with E-state index in [1.165, 1.54) is 0 Å². The Hall–Kier alpha value is -11.0. The molecule has 10 heteroatoms. The van der Waals surface area contributed by atoms with Gasteiger partial charge in [0.1, 0.15) is 34.2 Å². The summed E-state index contributed by atoms with van der Waals surface area (Å²) in [5, 5.41) is 20.7. The van der Waals surface area contributed by atoms with Gasteiger partial charge in [-0.05, 0) is 84.9 Å². The molecule has 0 bridgehead atoms. The molecule has 0 N–H and O–H groups in total. The van der Waals surface area contributed by atoms with E-state index in [0.29, 0.717) is 39.6 Å². The zero-order chi connectivity index (χ0) is 51.4. The molecule has 0 aliphatic heterocycles. The van der Waals surface area contributed by atoms with Crippen molar-refractivity contribution in [2.24, 2.45) is 0 Å². The summed E-state index contributed by atoms with van der Waals surface area (Å²) in [5.74, 6) is 0. The van der Waals surface area contributed by atoms with Crippen LogP contribution in [-0.4, -0.2) is 43.2 Å². The zero-order valence-corrected chi connectivity index (χ0v) is 41.6. The summed E-state index contributed by atoms with van der Waals surface area (Å²) in [5.41, 5.74) is 14.3. The standard InChI is InChI=1S/C68H40N10/c69-41-53-61(75-55-31-11-7-23-44(55)48-27-15-37-70-65(48)75)59(52-35-36-54(42-19-3-1-4-20-42)74-60(52)43-21-5-2-6-22-43)63(77-57-33-13-9-25-46(57)50-29-17-39-72-67(50)77)64(78-58-34-14-10-26-47(58)51-30-18-40-73-68(51)78)62(53)76-56-32-12-8-24-45(56)49-28-16-38-71-66(49)76/h1-40H. The van der Waals surface area contributed by atoms with Crippen LogP contribution >= 0.6 is 0 Å². The monoisotopic (exact) mass is 996 g/mol. The van der Waals surface area contributed by atoms with Gasteiger partial charge < -0.3 is 0 Å². The molecule has 0 saturated carbocycles. The fraction of sp³-hybridized carbons (Fsp3) is 0. The molecule has 0 aliphatic rings. The number of aromatic nitrogens is 9. The summed E-state index contributed by atoms with van der Waals surface area (Å²) in [6.07, 6.45) is 7.39. The number of para-hydroxylation sites is 4. The first-order valence-corrected chi connectivity index (χ1v) is 25.9. The van der Waals surface area contributed by atoms with E-state index in [1.54, 1.807) is 0 Å². The van der Waals surface area contributed by atoms with E-state index in [1.807, 2.05) is 73.3 Å². The summed E-state index contributed by atoms with van der Waals surface area (Å²) >= 11 is 0. The SMILES string of the molecule is N#Cc1c(-n2c3ccccc3c3cccnc32)c(-c2ccc(-c3ccccc3)nc2-c2ccccc2)c(-n2c3ccccc3c3cccnc32)c(-n2c3ccccc3c3cccnc32)c1-n1c2ccccc2c2cccnc21. The third-order valence-corrected chi connectivity index (χ3v) is 15.4. The molecule has 0 atom stereocenters. The van der Waals surface area contributed by atoms with Crippen molar-refractivity contribution in [1.82, 2.24) is 43.2 Å². The predicted molar refractivity (Wildman–Crippen MR) is 314 cm³/mol. The van der Waals surface area contributed by atoms with E-state index < -0.39 is 0 Å². The van der Waals surface area contributed by atoms with Crippen LogP contribution in [-0.2, 0) is 0 Å². The molecule has 0 spiro atoms. The fourth-order valence-electron chi connectivity index (χ4n) is 12.3. The normalized spacial score (nSPS) is 11.8. The Morgan fingerprint density at radius 3 is 1.10 bits per heavy atom. The molecule has 0 saturated heterocycles. The van der Waals surface area contributed by atoms with Gasteiger partial charge >= 0.3 is 0 Å². The first kappa shape index (κ1) is 43.4. The lowest BCUT2D eigenvalue weighted by Gasteiger charge is -2.29. The minimum absolute atomic E-state index is 0.382. The molecule has 362 valence electrons. The van der Waals surface area contributed by atoms with Gasteiger partial charge in [-0.1, -0.05) is 133 Å². The van der Waals surface area contributed by atoms with Crippen LogP contribution in [0.3, 0.4) is 0 Å². The molecular weight excluding hydrogens is 957 g/mol. The first-order valence-electron chi connectivity index (χ1n) is 25.9. The number of hydrogen-bond donors (Lipinski definition) is 0. The average molecular weight is 997 g/mol. The Morgan fingerprint density at radius 2 is 0.667 bits per heavy atom. The minimum Gasteiger partial charge on any atom is -0.292 e. The van der Waals surface area contributed by atoms with Crippen molar-refractivity contribution in [1.29, 1.82) is 5.26 Å². The second kappa shape index (κ2) is 17.0. The van der Waals surface area contributed by atoms with Gasteiger partial charge in [0.05, 0.1) is 56.2 Å². The highest BCUT2D eigenvalue weighted by atomic mass is 15.2. The summed E-state index contributed by atoms with van der Waals surface area (Å²) in [4.78, 5) is 26.9. The molecular formula is C68H40N10. The van der Waals surface area contributed by atoms with Crippen LogP contribution < -0.4 is 0 Å². The van der Waals surface area contributed by atoms with Crippen LogP contribution in [0.5, 0.6) is 0 Å². The van der Waals surface area contributed by atoms with Gasteiger partial charge in [0, 0.05) is 90.1 Å². The van der Waals surface area contributed by atoms with E-state index >= 15 is 0 Å². The van der Waals surface area contributed by atoms with Crippen LogP contribution in [0.15, 0.2) is 243 Å². The van der Waals surface area contributed by atoms with Crippen molar-refractivity contribution in [3.05, 3.63) is 249 Å². The Balaban J connectivity index is 1.27. The molecule has 9 aromatic heterocycles. The van der Waals surface area contributed by atoms with Crippen LogP contribution in [0.25, 0.3) is 144 Å². The number of hydrogen-bond acceptors (Lipinski definition) is 6.